The molecule has 8 atom stereocenters. The lowest BCUT2D eigenvalue weighted by Gasteiger charge is -2.60. The van der Waals surface area contributed by atoms with Crippen LogP contribution in [0.1, 0.15) is 71.6 Å². The first kappa shape index (κ1) is 18.2. The van der Waals surface area contributed by atoms with E-state index >= 15 is 0 Å². The molecule has 0 radical (unpaired) electrons. The maximum atomic E-state index is 11.3. The molecule has 4 saturated carbocycles. The van der Waals surface area contributed by atoms with E-state index < -0.39 is 10.4 Å². The summed E-state index contributed by atoms with van der Waals surface area (Å²) >= 11 is 0. The van der Waals surface area contributed by atoms with Gasteiger partial charge in [0.05, 0.1) is 12.2 Å². The lowest BCUT2D eigenvalue weighted by atomic mass is 9.45. The maximum absolute atomic E-state index is 11.3. The van der Waals surface area contributed by atoms with Crippen molar-refractivity contribution in [3.63, 3.8) is 0 Å². The molecule has 0 heterocycles. The molecule has 2 N–H and O–H groups in total. The summed E-state index contributed by atoms with van der Waals surface area (Å²) in [6, 6.07) is 0. The fourth-order valence-electron chi connectivity index (χ4n) is 7.49. The van der Waals surface area contributed by atoms with E-state index in [2.05, 4.69) is 13.8 Å². The van der Waals surface area contributed by atoms with Crippen molar-refractivity contribution >= 4 is 10.4 Å². The average Bonchev–Trinajstić information content (AvgIpc) is 2.83. The van der Waals surface area contributed by atoms with E-state index in [0.29, 0.717) is 29.1 Å². The van der Waals surface area contributed by atoms with Crippen LogP contribution < -0.4 is 0 Å². The Kier molecular flexibility index (Phi) is 4.31. The van der Waals surface area contributed by atoms with Crippen LogP contribution in [0, 0.1) is 34.5 Å². The molecule has 4 aliphatic carbocycles. The van der Waals surface area contributed by atoms with Gasteiger partial charge in [-0.05, 0) is 92.3 Å². The van der Waals surface area contributed by atoms with E-state index in [1.165, 1.54) is 12.8 Å². The molecule has 0 unspecified atom stereocenters. The van der Waals surface area contributed by atoms with Gasteiger partial charge in [-0.15, -0.1) is 0 Å². The summed E-state index contributed by atoms with van der Waals surface area (Å²) in [4.78, 5) is 0. The zero-order chi connectivity index (χ0) is 18.0. The van der Waals surface area contributed by atoms with Crippen molar-refractivity contribution in [3.8, 4) is 0 Å². The van der Waals surface area contributed by atoms with Crippen LogP contribution in [0.4, 0.5) is 0 Å². The smallest absolute Gasteiger partial charge is 0.393 e. The molecule has 4 fully saturated rings. The highest BCUT2D eigenvalue weighted by Gasteiger charge is 2.61. The summed E-state index contributed by atoms with van der Waals surface area (Å²) < 4.78 is 36.8. The second kappa shape index (κ2) is 5.91. The van der Waals surface area contributed by atoms with Crippen LogP contribution >= 0.6 is 0 Å². The Morgan fingerprint density at radius 2 is 1.60 bits per heavy atom. The average molecular weight is 373 g/mol. The lowest BCUT2D eigenvalue weighted by molar-refractivity contribution is -0.131. The highest BCUT2D eigenvalue weighted by molar-refractivity contribution is 7.80. The number of aliphatic hydroxyl groups excluding tert-OH is 1. The quantitative estimate of drug-likeness (QED) is 0.724. The minimum Gasteiger partial charge on any atom is -0.393 e. The topological polar surface area (TPSA) is 83.8 Å². The first-order chi connectivity index (χ1) is 11.6. The molecular weight excluding hydrogens is 340 g/mol. The van der Waals surface area contributed by atoms with E-state index in [-0.39, 0.29) is 17.6 Å². The number of rotatable bonds is 2. The van der Waals surface area contributed by atoms with E-state index in [1.807, 2.05) is 0 Å². The Hall–Kier alpha value is -0.170. The van der Waals surface area contributed by atoms with Crippen LogP contribution in [0.25, 0.3) is 0 Å². The van der Waals surface area contributed by atoms with Crippen molar-refractivity contribution < 1.29 is 22.3 Å². The van der Waals surface area contributed by atoms with Gasteiger partial charge >= 0.3 is 10.4 Å². The second-order valence-electron chi connectivity index (χ2n) is 9.72. The van der Waals surface area contributed by atoms with Gasteiger partial charge in [-0.2, -0.15) is 8.42 Å². The first-order valence-electron chi connectivity index (χ1n) is 9.97. The van der Waals surface area contributed by atoms with Crippen molar-refractivity contribution in [1.29, 1.82) is 0 Å². The lowest BCUT2D eigenvalue weighted by Crippen LogP contribution is -2.54. The van der Waals surface area contributed by atoms with Crippen molar-refractivity contribution in [2.24, 2.45) is 34.5 Å². The SMILES string of the molecule is C[C@]12CC[C@@H](O)C[C@@H]1CC[C@@H]1[C@@H]2CC[C@]2(C)[C@@H](OS(=O)(=O)O)CC[C@@H]12. The highest BCUT2D eigenvalue weighted by Crippen LogP contribution is 2.66. The molecule has 144 valence electrons. The summed E-state index contributed by atoms with van der Waals surface area (Å²) in [7, 11) is -4.39. The summed E-state index contributed by atoms with van der Waals surface area (Å²) in [6.45, 7) is 4.62. The zero-order valence-corrected chi connectivity index (χ0v) is 16.2. The number of fused-ring (bicyclic) bond motifs is 5. The molecule has 0 aromatic heterocycles. The van der Waals surface area contributed by atoms with Crippen LogP contribution in [0.2, 0.25) is 0 Å². The first-order valence-corrected chi connectivity index (χ1v) is 11.3. The zero-order valence-electron chi connectivity index (χ0n) is 15.4. The third kappa shape index (κ3) is 2.88. The molecule has 0 amide bonds. The maximum Gasteiger partial charge on any atom is 0.397 e. The van der Waals surface area contributed by atoms with E-state index in [9.17, 15) is 13.5 Å². The number of hydrogen-bond acceptors (Lipinski definition) is 4. The van der Waals surface area contributed by atoms with Gasteiger partial charge in [0.25, 0.3) is 0 Å². The monoisotopic (exact) mass is 372 g/mol. The Bertz CT molecular complexity index is 634. The van der Waals surface area contributed by atoms with Gasteiger partial charge in [-0.3, -0.25) is 4.55 Å². The van der Waals surface area contributed by atoms with Gasteiger partial charge in [-0.25, -0.2) is 4.18 Å². The van der Waals surface area contributed by atoms with Gasteiger partial charge in [-0.1, -0.05) is 13.8 Å². The molecule has 0 aliphatic heterocycles. The summed E-state index contributed by atoms with van der Waals surface area (Å²) in [5.74, 6) is 2.43. The third-order valence-electron chi connectivity index (χ3n) is 8.79. The Balaban J connectivity index is 1.58. The molecule has 25 heavy (non-hydrogen) atoms. The molecule has 0 bridgehead atoms. The fourth-order valence-corrected chi connectivity index (χ4v) is 8.10. The minimum atomic E-state index is -4.39. The molecule has 5 nitrogen and oxygen atoms in total. The standard InChI is InChI=1S/C19H32O5S/c1-18-9-7-13(20)11-12(18)3-4-14-15-5-6-17(24-25(21,22)23)19(15,2)10-8-16(14)18/h12-17,20H,3-11H2,1-2H3,(H,21,22,23)/t12-,13+,14-,15-,16-,17-,18-,19-/m0/s1. The van der Waals surface area contributed by atoms with Crippen molar-refractivity contribution in [2.45, 2.75) is 83.8 Å². The van der Waals surface area contributed by atoms with Gasteiger partial charge in [0, 0.05) is 0 Å². The van der Waals surface area contributed by atoms with Crippen molar-refractivity contribution in [3.05, 3.63) is 0 Å². The molecule has 0 spiro atoms. The summed E-state index contributed by atoms with van der Waals surface area (Å²) in [6.07, 6.45) is 8.69. The summed E-state index contributed by atoms with van der Waals surface area (Å²) in [5, 5.41) is 10.1. The largest absolute Gasteiger partial charge is 0.397 e. The van der Waals surface area contributed by atoms with Gasteiger partial charge in [0.15, 0.2) is 0 Å². The second-order valence-corrected chi connectivity index (χ2v) is 10.8. The van der Waals surface area contributed by atoms with Crippen LogP contribution in [0.3, 0.4) is 0 Å². The van der Waals surface area contributed by atoms with E-state index in [4.69, 9.17) is 8.74 Å². The van der Waals surface area contributed by atoms with Crippen LogP contribution in [0.5, 0.6) is 0 Å². The molecule has 0 saturated heterocycles. The predicted octanol–water partition coefficient (Wildman–Crippen LogP) is 3.58. The molecular formula is C19H32O5S. The molecule has 6 heteroatoms. The Morgan fingerprint density at radius 3 is 2.32 bits per heavy atom. The Morgan fingerprint density at radius 1 is 0.920 bits per heavy atom. The minimum absolute atomic E-state index is 0.123. The van der Waals surface area contributed by atoms with E-state index in [1.54, 1.807) is 0 Å². The summed E-state index contributed by atoms with van der Waals surface area (Å²) in [5.41, 5.74) is 0.180. The van der Waals surface area contributed by atoms with Crippen LogP contribution in [0.15, 0.2) is 0 Å². The van der Waals surface area contributed by atoms with E-state index in [0.717, 1.165) is 44.9 Å². The molecule has 0 aromatic rings. The number of hydrogen-bond donors (Lipinski definition) is 2. The normalized spacial score (nSPS) is 53.0. The van der Waals surface area contributed by atoms with Gasteiger partial charge < -0.3 is 5.11 Å². The van der Waals surface area contributed by atoms with Gasteiger partial charge in [0.1, 0.15) is 0 Å². The van der Waals surface area contributed by atoms with Crippen molar-refractivity contribution in [1.82, 2.24) is 0 Å². The molecule has 4 rings (SSSR count). The fraction of sp³-hybridized carbons (Fsp3) is 1.00. The predicted molar refractivity (Wildman–Crippen MR) is 94.2 cm³/mol. The highest BCUT2D eigenvalue weighted by atomic mass is 32.3. The third-order valence-corrected chi connectivity index (χ3v) is 9.26. The molecule has 4 aliphatic rings. The van der Waals surface area contributed by atoms with Crippen molar-refractivity contribution in [2.75, 3.05) is 0 Å². The van der Waals surface area contributed by atoms with Crippen LogP contribution in [-0.4, -0.2) is 30.3 Å². The number of aliphatic hydroxyl groups is 1. The molecule has 0 aromatic carbocycles. The Labute approximate surface area is 151 Å². The van der Waals surface area contributed by atoms with Crippen LogP contribution in [-0.2, 0) is 14.6 Å². The van der Waals surface area contributed by atoms with Gasteiger partial charge in [0.2, 0.25) is 0 Å².